The van der Waals surface area contributed by atoms with Gasteiger partial charge in [0.15, 0.2) is 0 Å². The van der Waals surface area contributed by atoms with Gasteiger partial charge in [0.05, 0.1) is 0 Å². The number of aryl methyl sites for hydroxylation is 1. The van der Waals surface area contributed by atoms with Crippen molar-refractivity contribution in [3.63, 3.8) is 0 Å². The van der Waals surface area contributed by atoms with Gasteiger partial charge >= 0.3 is 0 Å². The van der Waals surface area contributed by atoms with E-state index in [1.165, 1.54) is 36.2 Å². The van der Waals surface area contributed by atoms with Crippen LogP contribution in [-0.2, 0) is 6.54 Å². The van der Waals surface area contributed by atoms with Crippen LogP contribution in [0.1, 0.15) is 24.0 Å². The quantitative estimate of drug-likeness (QED) is 0.815. The zero-order valence-corrected chi connectivity index (χ0v) is 9.66. The fraction of sp³-hybridized carbons (Fsp3) is 0.538. The van der Waals surface area contributed by atoms with E-state index < -0.39 is 0 Å². The molecule has 2 heteroatoms. The van der Waals surface area contributed by atoms with E-state index in [4.69, 9.17) is 5.73 Å². The smallest absolute Gasteiger partial charge is 0.0366 e. The molecular formula is C13H20N2. The van der Waals surface area contributed by atoms with Gasteiger partial charge in [-0.2, -0.15) is 0 Å². The molecule has 2 nitrogen and oxygen atoms in total. The van der Waals surface area contributed by atoms with Crippen molar-refractivity contribution in [2.75, 3.05) is 18.5 Å². The zero-order chi connectivity index (χ0) is 10.8. The molecule has 0 heterocycles. The maximum Gasteiger partial charge on any atom is 0.0366 e. The molecule has 2 rings (SSSR count). The molecule has 1 aromatic rings. The highest BCUT2D eigenvalue weighted by Crippen LogP contribution is 2.31. The normalized spacial score (nSPS) is 15.4. The lowest BCUT2D eigenvalue weighted by Gasteiger charge is -2.20. The first-order chi connectivity index (χ1) is 7.20. The van der Waals surface area contributed by atoms with Gasteiger partial charge in [-0.25, -0.2) is 0 Å². The summed E-state index contributed by atoms with van der Waals surface area (Å²) in [5.41, 5.74) is 9.52. The molecule has 1 aliphatic carbocycles. The van der Waals surface area contributed by atoms with E-state index in [0.29, 0.717) is 6.54 Å². The van der Waals surface area contributed by atoms with Gasteiger partial charge in [0, 0.05) is 25.8 Å². The van der Waals surface area contributed by atoms with E-state index in [2.05, 4.69) is 37.1 Å². The monoisotopic (exact) mass is 204 g/mol. The van der Waals surface area contributed by atoms with Crippen LogP contribution in [0.5, 0.6) is 0 Å². The Labute approximate surface area is 92.1 Å². The van der Waals surface area contributed by atoms with Gasteiger partial charge in [-0.3, -0.25) is 0 Å². The topological polar surface area (TPSA) is 29.3 Å². The van der Waals surface area contributed by atoms with Gasteiger partial charge in [0.1, 0.15) is 0 Å². The lowest BCUT2D eigenvalue weighted by Crippen LogP contribution is -2.20. The van der Waals surface area contributed by atoms with Crippen LogP contribution in [0.2, 0.25) is 0 Å². The summed E-state index contributed by atoms with van der Waals surface area (Å²) in [5, 5.41) is 0. The summed E-state index contributed by atoms with van der Waals surface area (Å²) >= 11 is 0. The third kappa shape index (κ3) is 2.51. The largest absolute Gasteiger partial charge is 0.374 e. The van der Waals surface area contributed by atoms with Crippen molar-refractivity contribution >= 4 is 5.69 Å². The molecule has 15 heavy (non-hydrogen) atoms. The molecule has 2 N–H and O–H groups in total. The molecule has 82 valence electrons. The second-order valence-corrected chi connectivity index (χ2v) is 4.64. The van der Waals surface area contributed by atoms with Crippen molar-refractivity contribution in [1.29, 1.82) is 0 Å². The second kappa shape index (κ2) is 4.23. The summed E-state index contributed by atoms with van der Waals surface area (Å²) in [6.45, 7) is 3.97. The minimum Gasteiger partial charge on any atom is -0.374 e. The molecule has 0 aromatic heterocycles. The van der Waals surface area contributed by atoms with Crippen LogP contribution in [-0.4, -0.2) is 13.6 Å². The third-order valence-corrected chi connectivity index (χ3v) is 3.22. The maximum absolute atomic E-state index is 5.65. The molecule has 0 amide bonds. The fourth-order valence-corrected chi connectivity index (χ4v) is 1.94. The molecule has 1 aromatic carbocycles. The van der Waals surface area contributed by atoms with Gasteiger partial charge in [-0.05, 0) is 48.9 Å². The molecule has 0 spiro atoms. The number of benzene rings is 1. The van der Waals surface area contributed by atoms with Crippen LogP contribution in [0.3, 0.4) is 0 Å². The number of hydrogen-bond acceptors (Lipinski definition) is 2. The molecule has 0 radical (unpaired) electrons. The Morgan fingerprint density at radius 2 is 2.13 bits per heavy atom. The van der Waals surface area contributed by atoms with Crippen molar-refractivity contribution in [1.82, 2.24) is 0 Å². The standard InChI is InChI=1S/C13H20N2/c1-10-7-13(6-5-12(10)8-14)15(2)9-11-3-4-11/h5-7,11H,3-4,8-9,14H2,1-2H3. The van der Waals surface area contributed by atoms with Gasteiger partial charge < -0.3 is 10.6 Å². The minimum atomic E-state index is 0.637. The van der Waals surface area contributed by atoms with Crippen molar-refractivity contribution < 1.29 is 0 Å². The average molecular weight is 204 g/mol. The van der Waals surface area contributed by atoms with E-state index >= 15 is 0 Å². The summed E-state index contributed by atoms with van der Waals surface area (Å²) in [5.74, 6) is 0.935. The minimum absolute atomic E-state index is 0.637. The summed E-state index contributed by atoms with van der Waals surface area (Å²) in [4.78, 5) is 2.35. The highest BCUT2D eigenvalue weighted by molar-refractivity contribution is 5.50. The van der Waals surface area contributed by atoms with Crippen LogP contribution in [0.15, 0.2) is 18.2 Å². The summed E-state index contributed by atoms with van der Waals surface area (Å²) in [7, 11) is 2.18. The molecule has 1 fully saturated rings. The van der Waals surface area contributed by atoms with Gasteiger partial charge in [0.25, 0.3) is 0 Å². The van der Waals surface area contributed by atoms with Crippen LogP contribution in [0.4, 0.5) is 5.69 Å². The van der Waals surface area contributed by atoms with E-state index in [-0.39, 0.29) is 0 Å². The lowest BCUT2D eigenvalue weighted by molar-refractivity contribution is 0.786. The molecule has 0 unspecified atom stereocenters. The predicted octanol–water partition coefficient (Wildman–Crippen LogP) is 2.30. The van der Waals surface area contributed by atoms with Crippen molar-refractivity contribution in [2.24, 2.45) is 11.7 Å². The third-order valence-electron chi connectivity index (χ3n) is 3.22. The highest BCUT2D eigenvalue weighted by atomic mass is 15.1. The molecule has 1 saturated carbocycles. The van der Waals surface area contributed by atoms with Crippen molar-refractivity contribution in [3.8, 4) is 0 Å². The highest BCUT2D eigenvalue weighted by Gasteiger charge is 2.22. The van der Waals surface area contributed by atoms with Crippen LogP contribution < -0.4 is 10.6 Å². The Bertz CT molecular complexity index is 342. The maximum atomic E-state index is 5.65. The molecule has 0 bridgehead atoms. The number of rotatable bonds is 4. The van der Waals surface area contributed by atoms with Crippen molar-refractivity contribution in [2.45, 2.75) is 26.3 Å². The van der Waals surface area contributed by atoms with Gasteiger partial charge in [0.2, 0.25) is 0 Å². The first-order valence-corrected chi connectivity index (χ1v) is 5.71. The summed E-state index contributed by atoms with van der Waals surface area (Å²) < 4.78 is 0. The molecule has 1 aliphatic rings. The first-order valence-electron chi connectivity index (χ1n) is 5.71. The predicted molar refractivity (Wildman–Crippen MR) is 65.1 cm³/mol. The molecular weight excluding hydrogens is 184 g/mol. The number of nitrogens with two attached hydrogens (primary N) is 1. The SMILES string of the molecule is Cc1cc(N(C)CC2CC2)ccc1CN. The van der Waals surface area contributed by atoms with Crippen LogP contribution in [0.25, 0.3) is 0 Å². The Kier molecular flexibility index (Phi) is 2.96. The average Bonchev–Trinajstić information content (AvgIpc) is 3.01. The lowest BCUT2D eigenvalue weighted by atomic mass is 10.1. The fourth-order valence-electron chi connectivity index (χ4n) is 1.94. The van der Waals surface area contributed by atoms with E-state index in [9.17, 15) is 0 Å². The number of hydrogen-bond donors (Lipinski definition) is 1. The molecule has 0 atom stereocenters. The first kappa shape index (κ1) is 10.5. The molecule has 0 aliphatic heterocycles. The van der Waals surface area contributed by atoms with E-state index in [1.807, 2.05) is 0 Å². The van der Waals surface area contributed by atoms with E-state index in [0.717, 1.165) is 5.92 Å². The zero-order valence-electron chi connectivity index (χ0n) is 9.66. The Morgan fingerprint density at radius 3 is 2.67 bits per heavy atom. The Hall–Kier alpha value is -1.02. The summed E-state index contributed by atoms with van der Waals surface area (Å²) in [6.07, 6.45) is 2.81. The summed E-state index contributed by atoms with van der Waals surface area (Å²) in [6, 6.07) is 6.57. The number of anilines is 1. The molecule has 0 saturated heterocycles. The van der Waals surface area contributed by atoms with Gasteiger partial charge in [-0.15, -0.1) is 0 Å². The Balaban J connectivity index is 2.09. The van der Waals surface area contributed by atoms with E-state index in [1.54, 1.807) is 0 Å². The van der Waals surface area contributed by atoms with Crippen molar-refractivity contribution in [3.05, 3.63) is 29.3 Å². The number of nitrogens with zero attached hydrogens (tertiary/aromatic N) is 1. The Morgan fingerprint density at radius 1 is 1.40 bits per heavy atom. The van der Waals surface area contributed by atoms with Crippen LogP contribution >= 0.6 is 0 Å². The van der Waals surface area contributed by atoms with Gasteiger partial charge in [-0.1, -0.05) is 6.07 Å². The second-order valence-electron chi connectivity index (χ2n) is 4.64. The van der Waals surface area contributed by atoms with Crippen LogP contribution in [0, 0.1) is 12.8 Å².